The lowest BCUT2D eigenvalue weighted by Crippen LogP contribution is -2.60. The SMILES string of the molecule is C[N-][C@@]12CC=C3CC(C)(C)C[C@@H]4C[C@H](C)[C@@H](CC[C@@H]1C)[C@H]2[C@@H]34. The Labute approximate surface area is 137 Å². The Balaban J connectivity index is 1.82. The molecule has 124 valence electrons. The first-order chi connectivity index (χ1) is 10.4. The molecule has 0 spiro atoms. The van der Waals surface area contributed by atoms with Gasteiger partial charge in [0.15, 0.2) is 0 Å². The van der Waals surface area contributed by atoms with E-state index in [1.54, 1.807) is 0 Å². The van der Waals surface area contributed by atoms with Crippen molar-refractivity contribution in [3.8, 4) is 0 Å². The van der Waals surface area contributed by atoms with Crippen molar-refractivity contribution in [1.29, 1.82) is 0 Å². The molecule has 0 unspecified atom stereocenters. The summed E-state index contributed by atoms with van der Waals surface area (Å²) < 4.78 is 0. The molecule has 3 saturated carbocycles. The van der Waals surface area contributed by atoms with Crippen molar-refractivity contribution in [2.45, 2.75) is 71.8 Å². The smallest absolute Gasteiger partial charge is 0.0154 e. The van der Waals surface area contributed by atoms with E-state index in [2.05, 4.69) is 40.8 Å². The molecule has 7 atom stereocenters. The third-order valence-electron chi connectivity index (χ3n) is 8.16. The van der Waals surface area contributed by atoms with E-state index < -0.39 is 0 Å². The van der Waals surface area contributed by atoms with Crippen LogP contribution in [0.15, 0.2) is 11.6 Å². The molecule has 0 aromatic rings. The lowest BCUT2D eigenvalue weighted by Gasteiger charge is -2.70. The molecule has 4 aliphatic carbocycles. The summed E-state index contributed by atoms with van der Waals surface area (Å²) in [5.74, 6) is 5.27. The van der Waals surface area contributed by atoms with Gasteiger partial charge >= 0.3 is 0 Å². The molecule has 1 nitrogen and oxygen atoms in total. The molecule has 0 heterocycles. The van der Waals surface area contributed by atoms with E-state index in [-0.39, 0.29) is 5.54 Å². The fourth-order valence-electron chi connectivity index (χ4n) is 7.38. The van der Waals surface area contributed by atoms with Gasteiger partial charge < -0.3 is 5.32 Å². The van der Waals surface area contributed by atoms with Crippen LogP contribution in [0.5, 0.6) is 0 Å². The number of hydrogen-bond donors (Lipinski definition) is 0. The first-order valence-electron chi connectivity index (χ1n) is 9.68. The predicted molar refractivity (Wildman–Crippen MR) is 93.9 cm³/mol. The molecule has 0 aromatic carbocycles. The molecule has 3 fully saturated rings. The molecule has 4 aliphatic rings. The van der Waals surface area contributed by atoms with Crippen molar-refractivity contribution in [1.82, 2.24) is 0 Å². The van der Waals surface area contributed by atoms with Gasteiger partial charge in [0.05, 0.1) is 0 Å². The predicted octanol–water partition coefficient (Wildman–Crippen LogP) is 5.81. The van der Waals surface area contributed by atoms with Gasteiger partial charge in [0.25, 0.3) is 0 Å². The zero-order chi connectivity index (χ0) is 15.7. The standard InChI is InChI=1S/C21H34N/c1-13-10-16-12-20(3,4)11-15-8-9-21(22-5)14(2)6-7-17(13)19(21)18(15)16/h8,13-14,16-19H,6-7,9-12H2,1-5H3/q-1/t13-,14-,16-,17+,18-,19-,21-/m0/s1. The van der Waals surface area contributed by atoms with Crippen LogP contribution in [0.4, 0.5) is 0 Å². The van der Waals surface area contributed by atoms with E-state index >= 15 is 0 Å². The van der Waals surface area contributed by atoms with Crippen molar-refractivity contribution in [3.05, 3.63) is 17.0 Å². The lowest BCUT2D eigenvalue weighted by atomic mass is 9.43. The molecule has 0 aliphatic heterocycles. The van der Waals surface area contributed by atoms with Gasteiger partial charge in [-0.25, -0.2) is 0 Å². The Morgan fingerprint density at radius 1 is 1.18 bits per heavy atom. The van der Waals surface area contributed by atoms with Gasteiger partial charge in [-0.05, 0) is 67.1 Å². The molecule has 22 heavy (non-hydrogen) atoms. The molecule has 4 rings (SSSR count). The quantitative estimate of drug-likeness (QED) is 0.542. The van der Waals surface area contributed by atoms with Crippen LogP contribution < -0.4 is 0 Å². The Bertz CT molecular complexity index is 490. The van der Waals surface area contributed by atoms with Crippen LogP contribution in [0.2, 0.25) is 0 Å². The Morgan fingerprint density at radius 2 is 1.95 bits per heavy atom. The highest BCUT2D eigenvalue weighted by Crippen LogP contribution is 2.65. The van der Waals surface area contributed by atoms with E-state index in [1.807, 2.05) is 5.57 Å². The zero-order valence-electron chi connectivity index (χ0n) is 15.2. The van der Waals surface area contributed by atoms with Crippen molar-refractivity contribution >= 4 is 0 Å². The summed E-state index contributed by atoms with van der Waals surface area (Å²) in [6, 6.07) is 0. The van der Waals surface area contributed by atoms with Crippen LogP contribution in [0.25, 0.3) is 5.32 Å². The normalized spacial score (nSPS) is 52.7. The molecular formula is C21H34N-. The minimum atomic E-state index is 0.269. The molecule has 1 heteroatoms. The van der Waals surface area contributed by atoms with Crippen molar-refractivity contribution in [3.63, 3.8) is 0 Å². The van der Waals surface area contributed by atoms with E-state index in [0.717, 1.165) is 35.5 Å². The van der Waals surface area contributed by atoms with Gasteiger partial charge in [-0.15, -0.1) is 5.54 Å². The summed E-state index contributed by atoms with van der Waals surface area (Å²) in [4.78, 5) is 0. The monoisotopic (exact) mass is 300 g/mol. The van der Waals surface area contributed by atoms with Gasteiger partial charge in [0.1, 0.15) is 0 Å². The number of allylic oxidation sites excluding steroid dienone is 1. The van der Waals surface area contributed by atoms with Crippen molar-refractivity contribution in [2.24, 2.45) is 40.9 Å². The summed E-state index contributed by atoms with van der Waals surface area (Å²) in [5, 5.41) is 5.12. The maximum atomic E-state index is 5.12. The van der Waals surface area contributed by atoms with Crippen LogP contribution in [0, 0.1) is 40.9 Å². The van der Waals surface area contributed by atoms with E-state index in [9.17, 15) is 0 Å². The van der Waals surface area contributed by atoms with Crippen LogP contribution >= 0.6 is 0 Å². The number of hydrogen-bond acceptors (Lipinski definition) is 0. The third-order valence-corrected chi connectivity index (χ3v) is 8.16. The highest BCUT2D eigenvalue weighted by atomic mass is 15.0. The molecule has 0 aromatic heterocycles. The van der Waals surface area contributed by atoms with Gasteiger partial charge in [0, 0.05) is 0 Å². The van der Waals surface area contributed by atoms with Gasteiger partial charge in [0.2, 0.25) is 0 Å². The van der Waals surface area contributed by atoms with Crippen molar-refractivity contribution < 1.29 is 0 Å². The minimum absolute atomic E-state index is 0.269. The first kappa shape index (κ1) is 15.2. The van der Waals surface area contributed by atoms with E-state index in [4.69, 9.17) is 5.32 Å². The maximum absolute atomic E-state index is 5.12. The third kappa shape index (κ3) is 1.93. The molecule has 0 N–H and O–H groups in total. The van der Waals surface area contributed by atoms with E-state index in [0.29, 0.717) is 5.41 Å². The molecule has 0 amide bonds. The van der Waals surface area contributed by atoms with Crippen LogP contribution in [-0.2, 0) is 0 Å². The zero-order valence-corrected chi connectivity index (χ0v) is 15.2. The summed E-state index contributed by atoms with van der Waals surface area (Å²) in [5.41, 5.74) is 2.62. The summed E-state index contributed by atoms with van der Waals surface area (Å²) in [6.45, 7) is 10.0. The summed E-state index contributed by atoms with van der Waals surface area (Å²) >= 11 is 0. The van der Waals surface area contributed by atoms with Gasteiger partial charge in [-0.2, -0.15) is 7.05 Å². The number of nitrogens with zero attached hydrogens (tertiary/aromatic N) is 1. The second kappa shape index (κ2) is 4.85. The molecule has 0 saturated heterocycles. The van der Waals surface area contributed by atoms with Crippen LogP contribution in [-0.4, -0.2) is 12.6 Å². The number of rotatable bonds is 1. The van der Waals surface area contributed by atoms with E-state index in [1.165, 1.54) is 38.5 Å². The average molecular weight is 301 g/mol. The van der Waals surface area contributed by atoms with Crippen molar-refractivity contribution in [2.75, 3.05) is 7.05 Å². The second-order valence-corrected chi connectivity index (χ2v) is 9.91. The Hall–Kier alpha value is -0.300. The lowest BCUT2D eigenvalue weighted by molar-refractivity contribution is -0.0646. The summed E-state index contributed by atoms with van der Waals surface area (Å²) in [7, 11) is 2.12. The van der Waals surface area contributed by atoms with Crippen LogP contribution in [0.3, 0.4) is 0 Å². The topological polar surface area (TPSA) is 14.1 Å². The Kier molecular flexibility index (Phi) is 3.36. The highest BCUT2D eigenvalue weighted by molar-refractivity contribution is 5.32. The molecule has 0 bridgehead atoms. The molecule has 0 radical (unpaired) electrons. The fourth-order valence-corrected chi connectivity index (χ4v) is 7.38. The Morgan fingerprint density at radius 3 is 2.68 bits per heavy atom. The second-order valence-electron chi connectivity index (χ2n) is 9.91. The average Bonchev–Trinajstić information content (AvgIpc) is 2.45. The first-order valence-corrected chi connectivity index (χ1v) is 9.68. The minimum Gasteiger partial charge on any atom is -0.659 e. The highest BCUT2D eigenvalue weighted by Gasteiger charge is 2.56. The largest absolute Gasteiger partial charge is 0.659 e. The maximum Gasteiger partial charge on any atom is -0.0154 e. The van der Waals surface area contributed by atoms with Gasteiger partial charge in [-0.1, -0.05) is 51.7 Å². The van der Waals surface area contributed by atoms with Crippen LogP contribution in [0.1, 0.15) is 66.2 Å². The fraction of sp³-hybridized carbons (Fsp3) is 0.905. The molecular weight excluding hydrogens is 266 g/mol. The summed E-state index contributed by atoms with van der Waals surface area (Å²) in [6.07, 6.45) is 11.0. The van der Waals surface area contributed by atoms with Gasteiger partial charge in [-0.3, -0.25) is 0 Å².